The van der Waals surface area contributed by atoms with E-state index in [0.717, 1.165) is 4.47 Å². The van der Waals surface area contributed by atoms with Crippen LogP contribution < -0.4 is 10.2 Å². The Bertz CT molecular complexity index is 721. The van der Waals surface area contributed by atoms with E-state index in [4.69, 9.17) is 0 Å². The van der Waals surface area contributed by atoms with E-state index in [-0.39, 0.29) is 30.5 Å². The summed E-state index contributed by atoms with van der Waals surface area (Å²) in [6.07, 6.45) is 0.0699. The zero-order valence-corrected chi connectivity index (χ0v) is 14.1. The summed E-state index contributed by atoms with van der Waals surface area (Å²) in [6.45, 7) is 1.45. The molecule has 4 nitrogen and oxygen atoms in total. The summed E-state index contributed by atoms with van der Waals surface area (Å²) in [5, 5.41) is 2.74. The number of anilines is 2. The molecule has 0 spiro atoms. The van der Waals surface area contributed by atoms with Gasteiger partial charge in [-0.05, 0) is 30.3 Å². The standard InChI is InChI=1S/C17H16BrFN2O2/c1-12(22)21(16-8-3-2-7-15(16)19)10-9-17(23)20-14-6-4-5-13(18)11-14/h2-8,11H,9-10H2,1H3,(H,20,23). The number of hydrogen-bond acceptors (Lipinski definition) is 2. The van der Waals surface area contributed by atoms with Crippen molar-refractivity contribution in [2.45, 2.75) is 13.3 Å². The molecule has 0 bridgehead atoms. The monoisotopic (exact) mass is 378 g/mol. The number of halogens is 2. The Balaban J connectivity index is 2.00. The van der Waals surface area contributed by atoms with Crippen LogP contribution in [-0.2, 0) is 9.59 Å². The molecule has 2 rings (SSSR count). The van der Waals surface area contributed by atoms with Crippen molar-refractivity contribution in [1.82, 2.24) is 0 Å². The summed E-state index contributed by atoms with van der Waals surface area (Å²) in [5.74, 6) is -1.05. The quantitative estimate of drug-likeness (QED) is 0.855. The highest BCUT2D eigenvalue weighted by Crippen LogP contribution is 2.20. The first-order valence-electron chi connectivity index (χ1n) is 7.05. The Morgan fingerprint density at radius 3 is 2.57 bits per heavy atom. The maximum Gasteiger partial charge on any atom is 0.226 e. The Labute approximate surface area is 142 Å². The summed E-state index contributed by atoms with van der Waals surface area (Å²) < 4.78 is 14.7. The van der Waals surface area contributed by atoms with Gasteiger partial charge >= 0.3 is 0 Å². The van der Waals surface area contributed by atoms with Crippen LogP contribution in [0.25, 0.3) is 0 Å². The number of nitrogens with one attached hydrogen (secondary N) is 1. The summed E-state index contributed by atoms with van der Waals surface area (Å²) in [4.78, 5) is 25.0. The summed E-state index contributed by atoms with van der Waals surface area (Å²) in [5.41, 5.74) is 0.833. The minimum atomic E-state index is -0.491. The van der Waals surface area contributed by atoms with Crippen LogP contribution in [0.1, 0.15) is 13.3 Å². The van der Waals surface area contributed by atoms with Crippen molar-refractivity contribution in [3.05, 3.63) is 58.8 Å². The fourth-order valence-electron chi connectivity index (χ4n) is 2.12. The molecule has 0 saturated heterocycles. The van der Waals surface area contributed by atoms with E-state index in [9.17, 15) is 14.0 Å². The van der Waals surface area contributed by atoms with Gasteiger partial charge in [-0.2, -0.15) is 0 Å². The predicted molar refractivity (Wildman–Crippen MR) is 91.8 cm³/mol. The van der Waals surface area contributed by atoms with Crippen molar-refractivity contribution in [3.8, 4) is 0 Å². The fourth-order valence-corrected chi connectivity index (χ4v) is 2.52. The molecule has 0 atom stereocenters. The Hall–Kier alpha value is -2.21. The average Bonchev–Trinajstić information content (AvgIpc) is 2.49. The first-order valence-corrected chi connectivity index (χ1v) is 7.84. The lowest BCUT2D eigenvalue weighted by atomic mass is 10.2. The molecule has 0 aliphatic heterocycles. The molecule has 120 valence electrons. The molecule has 1 N–H and O–H groups in total. The van der Waals surface area contributed by atoms with Crippen molar-refractivity contribution in [1.29, 1.82) is 0 Å². The van der Waals surface area contributed by atoms with Gasteiger partial charge in [0.25, 0.3) is 0 Å². The van der Waals surface area contributed by atoms with Crippen LogP contribution in [0.3, 0.4) is 0 Å². The molecule has 0 saturated carbocycles. The lowest BCUT2D eigenvalue weighted by Crippen LogP contribution is -2.32. The van der Waals surface area contributed by atoms with E-state index < -0.39 is 5.82 Å². The lowest BCUT2D eigenvalue weighted by molar-refractivity contribution is -0.117. The summed E-state index contributed by atoms with van der Waals surface area (Å²) in [6, 6.07) is 13.2. The highest BCUT2D eigenvalue weighted by Gasteiger charge is 2.16. The molecular formula is C17H16BrFN2O2. The van der Waals surface area contributed by atoms with Gasteiger partial charge in [0.1, 0.15) is 5.82 Å². The Kier molecular flexibility index (Phi) is 5.87. The molecule has 0 aromatic heterocycles. The molecule has 0 fully saturated rings. The predicted octanol–water partition coefficient (Wildman–Crippen LogP) is 3.97. The molecule has 0 unspecified atom stereocenters. The van der Waals surface area contributed by atoms with Crippen molar-refractivity contribution in [2.75, 3.05) is 16.8 Å². The molecule has 23 heavy (non-hydrogen) atoms. The van der Waals surface area contributed by atoms with Gasteiger partial charge in [0.15, 0.2) is 0 Å². The number of para-hydroxylation sites is 1. The van der Waals surface area contributed by atoms with Gasteiger partial charge in [-0.25, -0.2) is 4.39 Å². The van der Waals surface area contributed by atoms with Crippen molar-refractivity contribution < 1.29 is 14.0 Å². The number of carbonyl (C=O) groups is 2. The second-order valence-corrected chi connectivity index (χ2v) is 5.85. The van der Waals surface area contributed by atoms with E-state index >= 15 is 0 Å². The van der Waals surface area contributed by atoms with Crippen LogP contribution in [0.5, 0.6) is 0 Å². The smallest absolute Gasteiger partial charge is 0.226 e. The minimum absolute atomic E-state index is 0.0699. The molecule has 2 aromatic rings. The van der Waals surface area contributed by atoms with Gasteiger partial charge < -0.3 is 10.2 Å². The first kappa shape index (κ1) is 17.1. The molecule has 2 aromatic carbocycles. The van der Waals surface area contributed by atoms with E-state index in [1.807, 2.05) is 6.07 Å². The van der Waals surface area contributed by atoms with Gasteiger partial charge in [-0.3, -0.25) is 9.59 Å². The van der Waals surface area contributed by atoms with E-state index in [2.05, 4.69) is 21.2 Å². The number of benzene rings is 2. The molecule has 2 amide bonds. The second kappa shape index (κ2) is 7.87. The van der Waals surface area contributed by atoms with E-state index in [1.54, 1.807) is 30.3 Å². The third-order valence-electron chi connectivity index (χ3n) is 3.19. The summed E-state index contributed by atoms with van der Waals surface area (Å²) >= 11 is 3.33. The maximum absolute atomic E-state index is 13.8. The number of amides is 2. The Morgan fingerprint density at radius 1 is 1.17 bits per heavy atom. The molecule has 0 heterocycles. The molecule has 6 heteroatoms. The van der Waals surface area contributed by atoms with E-state index in [0.29, 0.717) is 5.69 Å². The number of carbonyl (C=O) groups excluding carboxylic acids is 2. The van der Waals surface area contributed by atoms with Crippen LogP contribution >= 0.6 is 15.9 Å². The zero-order valence-electron chi connectivity index (χ0n) is 12.6. The third kappa shape index (κ3) is 4.89. The average molecular weight is 379 g/mol. The highest BCUT2D eigenvalue weighted by molar-refractivity contribution is 9.10. The van der Waals surface area contributed by atoms with Crippen molar-refractivity contribution in [2.24, 2.45) is 0 Å². The SMILES string of the molecule is CC(=O)N(CCC(=O)Nc1cccc(Br)c1)c1ccccc1F. The normalized spacial score (nSPS) is 10.2. The largest absolute Gasteiger partial charge is 0.326 e. The molecule has 0 radical (unpaired) electrons. The number of nitrogens with zero attached hydrogens (tertiary/aromatic N) is 1. The van der Waals surface area contributed by atoms with Crippen LogP contribution in [0.15, 0.2) is 53.0 Å². The van der Waals surface area contributed by atoms with Crippen molar-refractivity contribution >= 4 is 39.1 Å². The number of rotatable bonds is 5. The van der Waals surface area contributed by atoms with Crippen LogP contribution in [-0.4, -0.2) is 18.4 Å². The maximum atomic E-state index is 13.8. The van der Waals surface area contributed by atoms with Gasteiger partial charge in [0, 0.05) is 30.0 Å². The topological polar surface area (TPSA) is 49.4 Å². The van der Waals surface area contributed by atoms with Crippen molar-refractivity contribution in [3.63, 3.8) is 0 Å². The van der Waals surface area contributed by atoms with E-state index in [1.165, 1.54) is 24.0 Å². The van der Waals surface area contributed by atoms with Crippen LogP contribution in [0.2, 0.25) is 0 Å². The lowest BCUT2D eigenvalue weighted by Gasteiger charge is -2.21. The Morgan fingerprint density at radius 2 is 1.91 bits per heavy atom. The number of hydrogen-bond donors (Lipinski definition) is 1. The first-order chi connectivity index (χ1) is 11.0. The molecule has 0 aliphatic carbocycles. The fraction of sp³-hybridized carbons (Fsp3) is 0.176. The van der Waals surface area contributed by atoms with Crippen LogP contribution in [0.4, 0.5) is 15.8 Å². The molecule has 0 aliphatic rings. The van der Waals surface area contributed by atoms with Crippen LogP contribution in [0, 0.1) is 5.82 Å². The van der Waals surface area contributed by atoms with Gasteiger partial charge in [0.2, 0.25) is 11.8 Å². The second-order valence-electron chi connectivity index (χ2n) is 4.93. The molecular weight excluding hydrogens is 363 g/mol. The van der Waals surface area contributed by atoms with Gasteiger partial charge in [-0.1, -0.05) is 34.1 Å². The minimum Gasteiger partial charge on any atom is -0.326 e. The van der Waals surface area contributed by atoms with Gasteiger partial charge in [-0.15, -0.1) is 0 Å². The van der Waals surface area contributed by atoms with Gasteiger partial charge in [0.05, 0.1) is 5.69 Å². The highest BCUT2D eigenvalue weighted by atomic mass is 79.9. The zero-order chi connectivity index (χ0) is 16.8. The summed E-state index contributed by atoms with van der Waals surface area (Å²) in [7, 11) is 0. The third-order valence-corrected chi connectivity index (χ3v) is 3.69.